The lowest BCUT2D eigenvalue weighted by Gasteiger charge is -2.24. The first-order valence-corrected chi connectivity index (χ1v) is 6.09. The molecule has 1 heterocycles. The van der Waals surface area contributed by atoms with Crippen LogP contribution in [0.2, 0.25) is 0 Å². The number of hydrogen-bond acceptors (Lipinski definition) is 2. The molecule has 0 radical (unpaired) electrons. The van der Waals surface area contributed by atoms with E-state index in [0.717, 1.165) is 25.8 Å². The number of aliphatic carboxylic acids is 1. The summed E-state index contributed by atoms with van der Waals surface area (Å²) in [6.45, 7) is 3.57. The van der Waals surface area contributed by atoms with Crippen LogP contribution >= 0.6 is 0 Å². The maximum absolute atomic E-state index is 11.7. The molecule has 0 aromatic rings. The quantitative estimate of drug-likeness (QED) is 0.780. The van der Waals surface area contributed by atoms with Gasteiger partial charge in [0.2, 0.25) is 5.91 Å². The van der Waals surface area contributed by atoms with Gasteiger partial charge in [-0.3, -0.25) is 9.59 Å². The van der Waals surface area contributed by atoms with E-state index in [1.807, 2.05) is 11.8 Å². The van der Waals surface area contributed by atoms with Crippen LogP contribution in [-0.4, -0.2) is 35.0 Å². The Hall–Kier alpha value is -1.06. The molecule has 1 rings (SSSR count). The third-order valence-corrected chi connectivity index (χ3v) is 3.05. The minimum Gasteiger partial charge on any atom is -0.481 e. The van der Waals surface area contributed by atoms with E-state index in [0.29, 0.717) is 19.4 Å². The summed E-state index contributed by atoms with van der Waals surface area (Å²) < 4.78 is 0. The number of hydrogen-bond donors (Lipinski definition) is 1. The molecular formula is C12H21NO3. The topological polar surface area (TPSA) is 57.6 Å². The summed E-state index contributed by atoms with van der Waals surface area (Å²) in [4.78, 5) is 24.0. The largest absolute Gasteiger partial charge is 0.481 e. The van der Waals surface area contributed by atoms with Crippen molar-refractivity contribution in [2.75, 3.05) is 13.1 Å². The van der Waals surface area contributed by atoms with E-state index in [-0.39, 0.29) is 18.2 Å². The van der Waals surface area contributed by atoms with E-state index >= 15 is 0 Å². The number of nitrogens with zero attached hydrogens (tertiary/aromatic N) is 1. The van der Waals surface area contributed by atoms with Gasteiger partial charge >= 0.3 is 5.97 Å². The van der Waals surface area contributed by atoms with Crippen molar-refractivity contribution in [1.29, 1.82) is 0 Å². The zero-order valence-corrected chi connectivity index (χ0v) is 9.95. The molecule has 1 fully saturated rings. The van der Waals surface area contributed by atoms with Crippen LogP contribution in [0.15, 0.2) is 0 Å². The average molecular weight is 227 g/mol. The predicted molar refractivity (Wildman–Crippen MR) is 61.1 cm³/mol. The summed E-state index contributed by atoms with van der Waals surface area (Å²) >= 11 is 0. The second-order valence-electron chi connectivity index (χ2n) is 4.69. The molecule has 16 heavy (non-hydrogen) atoms. The number of carboxylic acids is 1. The number of carbonyl (C=O) groups excluding carboxylic acids is 1. The molecule has 1 saturated heterocycles. The van der Waals surface area contributed by atoms with Gasteiger partial charge in [-0.2, -0.15) is 0 Å². The first-order valence-electron chi connectivity index (χ1n) is 6.09. The van der Waals surface area contributed by atoms with Crippen molar-refractivity contribution in [1.82, 2.24) is 4.90 Å². The molecule has 1 unspecified atom stereocenters. The molecule has 0 bridgehead atoms. The van der Waals surface area contributed by atoms with E-state index in [1.165, 1.54) is 0 Å². The highest BCUT2D eigenvalue weighted by molar-refractivity contribution is 5.76. The second-order valence-corrected chi connectivity index (χ2v) is 4.69. The van der Waals surface area contributed by atoms with Crippen molar-refractivity contribution in [3.05, 3.63) is 0 Å². The van der Waals surface area contributed by atoms with Crippen LogP contribution in [0.25, 0.3) is 0 Å². The number of carboxylic acid groups (broad SMARTS) is 1. The van der Waals surface area contributed by atoms with E-state index in [9.17, 15) is 9.59 Å². The highest BCUT2D eigenvalue weighted by Gasteiger charge is 2.18. The molecule has 1 atom stereocenters. The zero-order valence-electron chi connectivity index (χ0n) is 9.95. The van der Waals surface area contributed by atoms with E-state index in [2.05, 4.69) is 0 Å². The summed E-state index contributed by atoms with van der Waals surface area (Å²) in [6, 6.07) is 0. The minimum atomic E-state index is -0.756. The Labute approximate surface area is 96.6 Å². The maximum atomic E-state index is 11.7. The van der Waals surface area contributed by atoms with E-state index in [1.54, 1.807) is 0 Å². The summed E-state index contributed by atoms with van der Waals surface area (Å²) in [5.41, 5.74) is 0. The van der Waals surface area contributed by atoms with Gasteiger partial charge in [0, 0.05) is 25.9 Å². The van der Waals surface area contributed by atoms with Crippen LogP contribution < -0.4 is 0 Å². The molecule has 4 heteroatoms. The van der Waals surface area contributed by atoms with Gasteiger partial charge in [-0.25, -0.2) is 0 Å². The van der Waals surface area contributed by atoms with Gasteiger partial charge in [0.05, 0.1) is 0 Å². The maximum Gasteiger partial charge on any atom is 0.303 e. The number of amides is 1. The Morgan fingerprint density at radius 2 is 2.19 bits per heavy atom. The highest BCUT2D eigenvalue weighted by atomic mass is 16.4. The lowest BCUT2D eigenvalue weighted by Crippen LogP contribution is -2.34. The van der Waals surface area contributed by atoms with Crippen LogP contribution in [0.3, 0.4) is 0 Å². The Kier molecular flexibility index (Phi) is 5.29. The van der Waals surface area contributed by atoms with Gasteiger partial charge in [0.25, 0.3) is 0 Å². The normalized spacial score (nSPS) is 19.3. The monoisotopic (exact) mass is 227 g/mol. The Morgan fingerprint density at radius 1 is 1.44 bits per heavy atom. The van der Waals surface area contributed by atoms with Crippen LogP contribution in [0, 0.1) is 5.92 Å². The van der Waals surface area contributed by atoms with Crippen LogP contribution in [0.5, 0.6) is 0 Å². The minimum absolute atomic E-state index is 0.198. The molecule has 1 N–H and O–H groups in total. The van der Waals surface area contributed by atoms with Crippen LogP contribution in [0.1, 0.15) is 45.4 Å². The van der Waals surface area contributed by atoms with E-state index < -0.39 is 5.97 Å². The van der Waals surface area contributed by atoms with Crippen LogP contribution in [0.4, 0.5) is 0 Å². The van der Waals surface area contributed by atoms with Gasteiger partial charge in [-0.05, 0) is 25.2 Å². The van der Waals surface area contributed by atoms with Crippen molar-refractivity contribution in [2.24, 2.45) is 5.92 Å². The first-order chi connectivity index (χ1) is 7.59. The molecule has 1 aliphatic heterocycles. The molecule has 0 spiro atoms. The van der Waals surface area contributed by atoms with Gasteiger partial charge in [-0.1, -0.05) is 13.3 Å². The molecule has 4 nitrogen and oxygen atoms in total. The summed E-state index contributed by atoms with van der Waals surface area (Å²) in [6.07, 6.45) is 4.72. The van der Waals surface area contributed by atoms with E-state index in [4.69, 9.17) is 5.11 Å². The molecule has 0 aliphatic carbocycles. The van der Waals surface area contributed by atoms with Gasteiger partial charge in [0.15, 0.2) is 0 Å². The standard InChI is InChI=1S/C12H21NO3/c1-10(6-7-12(15)16)9-13-8-4-2-3-5-11(13)14/h10H,2-9H2,1H3,(H,15,16). The molecule has 0 aromatic heterocycles. The summed E-state index contributed by atoms with van der Waals surface area (Å²) in [5, 5.41) is 8.58. The SMILES string of the molecule is CC(CCC(=O)O)CN1CCCCCC1=O. The third-order valence-electron chi connectivity index (χ3n) is 3.05. The molecule has 0 aromatic carbocycles. The Balaban J connectivity index is 2.32. The van der Waals surface area contributed by atoms with Crippen LogP contribution in [-0.2, 0) is 9.59 Å². The average Bonchev–Trinajstić information content (AvgIpc) is 2.42. The molecule has 0 saturated carbocycles. The van der Waals surface area contributed by atoms with Crippen molar-refractivity contribution in [3.63, 3.8) is 0 Å². The first kappa shape index (κ1) is 13.0. The fraction of sp³-hybridized carbons (Fsp3) is 0.833. The number of rotatable bonds is 5. The smallest absolute Gasteiger partial charge is 0.303 e. The molecule has 92 valence electrons. The Bertz CT molecular complexity index is 253. The zero-order chi connectivity index (χ0) is 12.0. The molecule has 1 amide bonds. The van der Waals surface area contributed by atoms with Gasteiger partial charge in [0.1, 0.15) is 0 Å². The summed E-state index contributed by atoms with van der Waals surface area (Å²) in [7, 11) is 0. The molecular weight excluding hydrogens is 206 g/mol. The number of carbonyl (C=O) groups is 2. The van der Waals surface area contributed by atoms with Crippen molar-refractivity contribution in [3.8, 4) is 0 Å². The molecule has 1 aliphatic rings. The lowest BCUT2D eigenvalue weighted by molar-refractivity contribution is -0.137. The van der Waals surface area contributed by atoms with Crippen molar-refractivity contribution >= 4 is 11.9 Å². The third kappa shape index (κ3) is 4.64. The predicted octanol–water partition coefficient (Wildman–Crippen LogP) is 1.89. The highest BCUT2D eigenvalue weighted by Crippen LogP contribution is 2.15. The van der Waals surface area contributed by atoms with Crippen molar-refractivity contribution in [2.45, 2.75) is 45.4 Å². The van der Waals surface area contributed by atoms with Crippen molar-refractivity contribution < 1.29 is 14.7 Å². The summed E-state index contributed by atoms with van der Waals surface area (Å²) in [5.74, 6) is -0.244. The fourth-order valence-corrected chi connectivity index (χ4v) is 2.07. The number of likely N-dealkylation sites (tertiary alicyclic amines) is 1. The van der Waals surface area contributed by atoms with Gasteiger partial charge in [-0.15, -0.1) is 0 Å². The Morgan fingerprint density at radius 3 is 2.88 bits per heavy atom. The fourth-order valence-electron chi connectivity index (χ4n) is 2.07. The second kappa shape index (κ2) is 6.51. The van der Waals surface area contributed by atoms with Gasteiger partial charge < -0.3 is 10.0 Å². The lowest BCUT2D eigenvalue weighted by atomic mass is 10.0.